The number of nitrogens with zero attached hydrogens (tertiary/aromatic N) is 1. The van der Waals surface area contributed by atoms with Crippen LogP contribution in [-0.4, -0.2) is 44.1 Å². The van der Waals surface area contributed by atoms with E-state index in [-0.39, 0.29) is 11.8 Å². The van der Waals surface area contributed by atoms with Gasteiger partial charge in [0.25, 0.3) is 0 Å². The van der Waals surface area contributed by atoms with Gasteiger partial charge in [-0.3, -0.25) is 4.79 Å². The maximum Gasteiger partial charge on any atom is 0.226 e. The van der Waals surface area contributed by atoms with E-state index in [1.165, 1.54) is 0 Å². The largest absolute Gasteiger partial charge is 0.491 e. The number of carbonyl (C=O) groups is 1. The van der Waals surface area contributed by atoms with Crippen molar-refractivity contribution < 1.29 is 9.53 Å². The lowest BCUT2D eigenvalue weighted by atomic mass is 10.1. The van der Waals surface area contributed by atoms with E-state index in [0.29, 0.717) is 13.2 Å². The van der Waals surface area contributed by atoms with Crippen molar-refractivity contribution >= 4 is 5.91 Å². The SMILES string of the molecule is Cc1ccccc1OCCN(C)C(=O)[C@H]1CCNC1. The number of benzene rings is 1. The Kier molecular flexibility index (Phi) is 4.80. The third kappa shape index (κ3) is 3.70. The van der Waals surface area contributed by atoms with Crippen LogP contribution in [0.1, 0.15) is 12.0 Å². The van der Waals surface area contributed by atoms with Gasteiger partial charge >= 0.3 is 0 Å². The molecular formula is C15H22N2O2. The Labute approximate surface area is 114 Å². The molecule has 2 rings (SSSR count). The summed E-state index contributed by atoms with van der Waals surface area (Å²) < 4.78 is 5.71. The first-order chi connectivity index (χ1) is 9.18. The van der Waals surface area contributed by atoms with Crippen LogP contribution in [0, 0.1) is 12.8 Å². The molecular weight excluding hydrogens is 240 g/mol. The fourth-order valence-corrected chi connectivity index (χ4v) is 2.30. The maximum absolute atomic E-state index is 12.1. The molecule has 0 aromatic heterocycles. The molecule has 1 aromatic rings. The predicted molar refractivity (Wildman–Crippen MR) is 75.3 cm³/mol. The first-order valence-electron chi connectivity index (χ1n) is 6.82. The number of para-hydroxylation sites is 1. The lowest BCUT2D eigenvalue weighted by molar-refractivity contribution is -0.133. The van der Waals surface area contributed by atoms with Crippen molar-refractivity contribution in [2.45, 2.75) is 13.3 Å². The number of rotatable bonds is 5. The molecule has 1 atom stereocenters. The molecule has 0 spiro atoms. The fourth-order valence-electron chi connectivity index (χ4n) is 2.30. The van der Waals surface area contributed by atoms with E-state index in [9.17, 15) is 4.79 Å². The Bertz CT molecular complexity index is 428. The Hall–Kier alpha value is -1.55. The zero-order valence-corrected chi connectivity index (χ0v) is 11.7. The summed E-state index contributed by atoms with van der Waals surface area (Å²) in [6.07, 6.45) is 0.946. The molecule has 0 saturated carbocycles. The van der Waals surface area contributed by atoms with Crippen molar-refractivity contribution in [3.8, 4) is 5.75 Å². The Morgan fingerprint density at radius 1 is 1.47 bits per heavy atom. The number of hydrogen-bond donors (Lipinski definition) is 1. The van der Waals surface area contributed by atoms with E-state index < -0.39 is 0 Å². The van der Waals surface area contributed by atoms with Gasteiger partial charge in [-0.15, -0.1) is 0 Å². The molecule has 0 unspecified atom stereocenters. The van der Waals surface area contributed by atoms with Gasteiger partial charge in [0, 0.05) is 13.6 Å². The van der Waals surface area contributed by atoms with Crippen molar-refractivity contribution in [2.24, 2.45) is 5.92 Å². The third-order valence-corrected chi connectivity index (χ3v) is 3.56. The lowest BCUT2D eigenvalue weighted by Gasteiger charge is -2.21. The van der Waals surface area contributed by atoms with Crippen LogP contribution >= 0.6 is 0 Å². The molecule has 0 aliphatic carbocycles. The van der Waals surface area contributed by atoms with Crippen molar-refractivity contribution in [1.82, 2.24) is 10.2 Å². The molecule has 1 aliphatic rings. The Balaban J connectivity index is 1.76. The smallest absolute Gasteiger partial charge is 0.226 e. The highest BCUT2D eigenvalue weighted by molar-refractivity contribution is 5.79. The summed E-state index contributed by atoms with van der Waals surface area (Å²) in [5, 5.41) is 3.22. The lowest BCUT2D eigenvalue weighted by Crippen LogP contribution is -2.36. The van der Waals surface area contributed by atoms with Gasteiger partial charge in [0.1, 0.15) is 12.4 Å². The number of ether oxygens (including phenoxy) is 1. The minimum Gasteiger partial charge on any atom is -0.491 e. The second-order valence-corrected chi connectivity index (χ2v) is 5.06. The van der Waals surface area contributed by atoms with Gasteiger partial charge in [-0.2, -0.15) is 0 Å². The average Bonchev–Trinajstić information content (AvgIpc) is 2.94. The number of amides is 1. The van der Waals surface area contributed by atoms with Crippen LogP contribution in [-0.2, 0) is 4.79 Å². The predicted octanol–water partition coefficient (Wildman–Crippen LogP) is 1.44. The van der Waals surface area contributed by atoms with Gasteiger partial charge in [-0.1, -0.05) is 18.2 Å². The first-order valence-corrected chi connectivity index (χ1v) is 6.82. The van der Waals surface area contributed by atoms with Crippen LogP contribution < -0.4 is 10.1 Å². The molecule has 19 heavy (non-hydrogen) atoms. The molecule has 4 nitrogen and oxygen atoms in total. The maximum atomic E-state index is 12.1. The Morgan fingerprint density at radius 2 is 2.26 bits per heavy atom. The summed E-state index contributed by atoms with van der Waals surface area (Å²) in [6, 6.07) is 7.93. The molecule has 4 heteroatoms. The van der Waals surface area contributed by atoms with Gasteiger partial charge < -0.3 is 15.0 Å². The minimum atomic E-state index is 0.142. The van der Waals surface area contributed by atoms with Crippen LogP contribution in [0.3, 0.4) is 0 Å². The number of carbonyl (C=O) groups excluding carboxylic acids is 1. The van der Waals surface area contributed by atoms with Gasteiger partial charge in [0.15, 0.2) is 0 Å². The number of nitrogens with one attached hydrogen (secondary N) is 1. The monoisotopic (exact) mass is 262 g/mol. The highest BCUT2D eigenvalue weighted by Gasteiger charge is 2.24. The molecule has 1 saturated heterocycles. The topological polar surface area (TPSA) is 41.6 Å². The highest BCUT2D eigenvalue weighted by Crippen LogP contribution is 2.16. The summed E-state index contributed by atoms with van der Waals surface area (Å²) in [6.45, 7) is 4.94. The molecule has 1 aromatic carbocycles. The number of likely N-dealkylation sites (N-methyl/N-ethyl adjacent to an activating group) is 1. The van der Waals surface area contributed by atoms with Crippen molar-refractivity contribution in [2.75, 3.05) is 33.3 Å². The quantitative estimate of drug-likeness (QED) is 0.873. The van der Waals surface area contributed by atoms with E-state index in [4.69, 9.17) is 4.74 Å². The summed E-state index contributed by atoms with van der Waals surface area (Å²) in [5.74, 6) is 1.26. The van der Waals surface area contributed by atoms with E-state index in [1.54, 1.807) is 4.90 Å². The van der Waals surface area contributed by atoms with Crippen LogP contribution in [0.4, 0.5) is 0 Å². The fraction of sp³-hybridized carbons (Fsp3) is 0.533. The summed E-state index contributed by atoms with van der Waals surface area (Å²) >= 11 is 0. The van der Waals surface area contributed by atoms with Crippen molar-refractivity contribution in [3.63, 3.8) is 0 Å². The molecule has 1 aliphatic heterocycles. The highest BCUT2D eigenvalue weighted by atomic mass is 16.5. The normalized spacial score (nSPS) is 18.3. The van der Waals surface area contributed by atoms with Crippen molar-refractivity contribution in [3.05, 3.63) is 29.8 Å². The molecule has 1 N–H and O–H groups in total. The van der Waals surface area contributed by atoms with E-state index in [1.807, 2.05) is 38.2 Å². The number of aryl methyl sites for hydroxylation is 1. The summed E-state index contributed by atoms with van der Waals surface area (Å²) in [7, 11) is 1.85. The molecule has 1 heterocycles. The summed E-state index contributed by atoms with van der Waals surface area (Å²) in [5.41, 5.74) is 1.12. The zero-order chi connectivity index (χ0) is 13.7. The van der Waals surface area contributed by atoms with Gasteiger partial charge in [-0.05, 0) is 31.5 Å². The van der Waals surface area contributed by atoms with Gasteiger partial charge in [-0.25, -0.2) is 0 Å². The van der Waals surface area contributed by atoms with Crippen LogP contribution in [0.5, 0.6) is 5.75 Å². The second kappa shape index (κ2) is 6.57. The molecule has 1 fully saturated rings. The Morgan fingerprint density at radius 3 is 2.95 bits per heavy atom. The van der Waals surface area contributed by atoms with Crippen LogP contribution in [0.15, 0.2) is 24.3 Å². The second-order valence-electron chi connectivity index (χ2n) is 5.06. The zero-order valence-electron chi connectivity index (χ0n) is 11.7. The van der Waals surface area contributed by atoms with E-state index >= 15 is 0 Å². The molecule has 0 bridgehead atoms. The van der Waals surface area contributed by atoms with Crippen molar-refractivity contribution in [1.29, 1.82) is 0 Å². The van der Waals surface area contributed by atoms with Gasteiger partial charge in [0.05, 0.1) is 12.5 Å². The standard InChI is InChI=1S/C15H22N2O2/c1-12-5-3-4-6-14(12)19-10-9-17(2)15(18)13-7-8-16-11-13/h3-6,13,16H,7-11H2,1-2H3/t13-/m0/s1. The third-order valence-electron chi connectivity index (χ3n) is 3.56. The van der Waals surface area contributed by atoms with E-state index in [0.717, 1.165) is 30.8 Å². The van der Waals surface area contributed by atoms with Gasteiger partial charge in [0.2, 0.25) is 5.91 Å². The molecule has 1 amide bonds. The van der Waals surface area contributed by atoms with E-state index in [2.05, 4.69) is 5.32 Å². The number of hydrogen-bond acceptors (Lipinski definition) is 3. The molecule has 0 radical (unpaired) electrons. The minimum absolute atomic E-state index is 0.142. The first kappa shape index (κ1) is 13.9. The molecule has 104 valence electrons. The van der Waals surface area contributed by atoms with Crippen LogP contribution in [0.25, 0.3) is 0 Å². The van der Waals surface area contributed by atoms with Crippen LogP contribution in [0.2, 0.25) is 0 Å². The summed E-state index contributed by atoms with van der Waals surface area (Å²) in [4.78, 5) is 13.9. The average molecular weight is 262 g/mol.